The van der Waals surface area contributed by atoms with Crippen LogP contribution in [0.15, 0.2) is 36.4 Å². The van der Waals surface area contributed by atoms with Gasteiger partial charge in [-0.25, -0.2) is 4.79 Å². The van der Waals surface area contributed by atoms with Crippen molar-refractivity contribution in [1.29, 1.82) is 0 Å². The summed E-state index contributed by atoms with van der Waals surface area (Å²) in [5.41, 5.74) is 0.437. The molecule has 0 saturated carbocycles. The zero-order chi connectivity index (χ0) is 21.0. The number of nitro groups is 1. The summed E-state index contributed by atoms with van der Waals surface area (Å²) in [5, 5.41) is 11.2. The van der Waals surface area contributed by atoms with Crippen LogP contribution in [0.5, 0.6) is 11.5 Å². The number of esters is 1. The van der Waals surface area contributed by atoms with Gasteiger partial charge in [0, 0.05) is 31.3 Å². The van der Waals surface area contributed by atoms with Gasteiger partial charge in [0.2, 0.25) is 0 Å². The van der Waals surface area contributed by atoms with Crippen LogP contribution in [0.4, 0.5) is 5.69 Å². The molecule has 0 saturated heterocycles. The first-order valence-corrected chi connectivity index (χ1v) is 8.99. The second-order valence-corrected chi connectivity index (χ2v) is 6.39. The van der Waals surface area contributed by atoms with E-state index in [1.807, 2.05) is 6.07 Å². The molecule has 9 heteroatoms. The molecule has 1 heterocycles. The highest BCUT2D eigenvalue weighted by Crippen LogP contribution is 2.31. The second-order valence-electron chi connectivity index (χ2n) is 6.39. The number of nitrogens with zero attached hydrogens (tertiary/aromatic N) is 2. The highest BCUT2D eigenvalue weighted by Gasteiger charge is 2.21. The second kappa shape index (κ2) is 8.59. The van der Waals surface area contributed by atoms with Gasteiger partial charge in [-0.05, 0) is 30.7 Å². The van der Waals surface area contributed by atoms with E-state index < -0.39 is 16.8 Å². The Kier molecular flexibility index (Phi) is 5.96. The molecule has 2 aromatic rings. The van der Waals surface area contributed by atoms with E-state index in [9.17, 15) is 19.7 Å². The third kappa shape index (κ3) is 4.63. The van der Waals surface area contributed by atoms with Gasteiger partial charge in [0.15, 0.2) is 11.5 Å². The smallest absolute Gasteiger partial charge is 0.338 e. The molecule has 0 aromatic heterocycles. The summed E-state index contributed by atoms with van der Waals surface area (Å²) in [6.07, 6.45) is 0. The summed E-state index contributed by atoms with van der Waals surface area (Å²) >= 11 is 0. The Morgan fingerprint density at radius 3 is 2.48 bits per heavy atom. The molecule has 0 radical (unpaired) electrons. The Bertz CT molecular complexity index is 958. The van der Waals surface area contributed by atoms with Crippen LogP contribution in [-0.2, 0) is 11.3 Å². The number of rotatable bonds is 6. The van der Waals surface area contributed by atoms with Gasteiger partial charge in [0.05, 0.1) is 17.1 Å². The summed E-state index contributed by atoms with van der Waals surface area (Å²) < 4.78 is 15.9. The molecule has 0 atom stereocenters. The number of non-ortho nitro benzene ring substituents is 1. The van der Waals surface area contributed by atoms with Crippen LogP contribution in [0.25, 0.3) is 0 Å². The molecule has 29 heavy (non-hydrogen) atoms. The molecule has 0 bridgehead atoms. The van der Waals surface area contributed by atoms with E-state index in [1.165, 1.54) is 11.0 Å². The predicted molar refractivity (Wildman–Crippen MR) is 102 cm³/mol. The summed E-state index contributed by atoms with van der Waals surface area (Å²) in [6, 6.07) is 8.91. The van der Waals surface area contributed by atoms with Crippen LogP contribution in [0, 0.1) is 10.1 Å². The summed E-state index contributed by atoms with van der Waals surface area (Å²) in [5.74, 6) is 0.0650. The number of nitro benzene ring substituents is 1. The maximum absolute atomic E-state index is 12.8. The average Bonchev–Trinajstić information content (AvgIpc) is 2.72. The Morgan fingerprint density at radius 1 is 1.10 bits per heavy atom. The van der Waals surface area contributed by atoms with Crippen LogP contribution in [0.1, 0.15) is 33.2 Å². The molecule has 0 N–H and O–H groups in total. The zero-order valence-electron chi connectivity index (χ0n) is 16.0. The third-order valence-electron chi connectivity index (χ3n) is 4.26. The highest BCUT2D eigenvalue weighted by molar-refractivity contribution is 5.98. The maximum atomic E-state index is 12.8. The zero-order valence-corrected chi connectivity index (χ0v) is 16.0. The topological polar surface area (TPSA) is 108 Å². The van der Waals surface area contributed by atoms with Crippen LogP contribution in [0.3, 0.4) is 0 Å². The van der Waals surface area contributed by atoms with Gasteiger partial charge in [-0.1, -0.05) is 6.07 Å². The molecule has 1 aliphatic heterocycles. The van der Waals surface area contributed by atoms with Gasteiger partial charge in [-0.3, -0.25) is 14.9 Å². The van der Waals surface area contributed by atoms with Crippen molar-refractivity contribution in [3.63, 3.8) is 0 Å². The molecular weight excluding hydrogens is 380 g/mol. The van der Waals surface area contributed by atoms with Crippen molar-refractivity contribution in [3.05, 3.63) is 63.2 Å². The van der Waals surface area contributed by atoms with Crippen molar-refractivity contribution in [1.82, 2.24) is 4.90 Å². The van der Waals surface area contributed by atoms with Crippen LogP contribution in [0.2, 0.25) is 0 Å². The van der Waals surface area contributed by atoms with Crippen molar-refractivity contribution in [2.24, 2.45) is 0 Å². The Labute approximate surface area is 166 Å². The molecule has 0 aliphatic carbocycles. The number of hydrogen-bond acceptors (Lipinski definition) is 7. The molecule has 2 aromatic carbocycles. The number of hydrogen-bond donors (Lipinski definition) is 0. The average molecular weight is 400 g/mol. The fraction of sp³-hybridized carbons (Fsp3) is 0.300. The first-order valence-electron chi connectivity index (χ1n) is 8.99. The number of benzene rings is 2. The minimum absolute atomic E-state index is 0.0299. The number of carbonyl (C=O) groups is 2. The van der Waals surface area contributed by atoms with Crippen molar-refractivity contribution in [3.8, 4) is 11.5 Å². The lowest BCUT2D eigenvalue weighted by atomic mass is 10.1. The monoisotopic (exact) mass is 400 g/mol. The summed E-state index contributed by atoms with van der Waals surface area (Å²) in [7, 11) is 1.57. The van der Waals surface area contributed by atoms with E-state index >= 15 is 0 Å². The van der Waals surface area contributed by atoms with E-state index in [0.717, 1.165) is 17.7 Å². The summed E-state index contributed by atoms with van der Waals surface area (Å²) in [4.78, 5) is 36.8. The van der Waals surface area contributed by atoms with Gasteiger partial charge in [-0.15, -0.1) is 0 Å². The fourth-order valence-corrected chi connectivity index (χ4v) is 2.92. The van der Waals surface area contributed by atoms with Gasteiger partial charge < -0.3 is 19.1 Å². The minimum atomic E-state index is -0.722. The van der Waals surface area contributed by atoms with Crippen molar-refractivity contribution in [2.75, 3.05) is 26.9 Å². The molecule has 1 amide bonds. The lowest BCUT2D eigenvalue weighted by Gasteiger charge is -2.21. The van der Waals surface area contributed by atoms with E-state index in [2.05, 4.69) is 0 Å². The van der Waals surface area contributed by atoms with Crippen LogP contribution < -0.4 is 9.47 Å². The Morgan fingerprint density at radius 2 is 1.79 bits per heavy atom. The van der Waals surface area contributed by atoms with E-state index in [4.69, 9.17) is 14.2 Å². The molecule has 152 valence electrons. The van der Waals surface area contributed by atoms with Crippen molar-refractivity contribution < 1.29 is 28.7 Å². The Hall–Kier alpha value is -3.62. The van der Waals surface area contributed by atoms with E-state index in [1.54, 1.807) is 26.1 Å². The van der Waals surface area contributed by atoms with Crippen molar-refractivity contribution in [2.45, 2.75) is 13.5 Å². The van der Waals surface area contributed by atoms with Gasteiger partial charge in [-0.2, -0.15) is 0 Å². The molecule has 3 rings (SSSR count). The molecule has 0 fully saturated rings. The predicted octanol–water partition coefficient (Wildman–Crippen LogP) is 2.81. The lowest BCUT2D eigenvalue weighted by Crippen LogP contribution is -2.26. The third-order valence-corrected chi connectivity index (χ3v) is 4.26. The largest absolute Gasteiger partial charge is 0.486 e. The summed E-state index contributed by atoms with van der Waals surface area (Å²) in [6.45, 7) is 2.93. The van der Waals surface area contributed by atoms with Crippen molar-refractivity contribution >= 4 is 17.6 Å². The van der Waals surface area contributed by atoms with E-state index in [-0.39, 0.29) is 30.0 Å². The standard InChI is InChI=1S/C20H20N2O7/c1-3-27-20(24)15-9-14(10-16(11-15)22(25)26)19(23)21(2)12-13-4-5-17-18(8-13)29-7-6-28-17/h4-5,8-11H,3,6-7,12H2,1-2H3. The van der Waals surface area contributed by atoms with Gasteiger partial charge >= 0.3 is 5.97 Å². The Balaban J connectivity index is 1.83. The minimum Gasteiger partial charge on any atom is -0.486 e. The maximum Gasteiger partial charge on any atom is 0.338 e. The molecule has 0 spiro atoms. The van der Waals surface area contributed by atoms with Crippen LogP contribution >= 0.6 is 0 Å². The van der Waals surface area contributed by atoms with Crippen LogP contribution in [-0.4, -0.2) is 48.6 Å². The number of ether oxygens (including phenoxy) is 3. The SMILES string of the molecule is CCOC(=O)c1cc(C(=O)N(C)Cc2ccc3c(c2)OCCO3)cc([N+](=O)[O-])c1. The van der Waals surface area contributed by atoms with Gasteiger partial charge in [0.1, 0.15) is 13.2 Å². The highest BCUT2D eigenvalue weighted by atomic mass is 16.6. The molecule has 1 aliphatic rings. The molecule has 0 unspecified atom stereocenters. The van der Waals surface area contributed by atoms with E-state index in [0.29, 0.717) is 24.7 Å². The normalized spacial score (nSPS) is 12.2. The number of amides is 1. The van der Waals surface area contributed by atoms with Gasteiger partial charge in [0.25, 0.3) is 11.6 Å². The molecular formula is C20H20N2O7. The molecule has 9 nitrogen and oxygen atoms in total. The lowest BCUT2D eigenvalue weighted by molar-refractivity contribution is -0.384. The first kappa shape index (κ1) is 20.1. The number of fused-ring (bicyclic) bond motifs is 1. The number of carbonyl (C=O) groups excluding carboxylic acids is 2. The fourth-order valence-electron chi connectivity index (χ4n) is 2.92. The quantitative estimate of drug-likeness (QED) is 0.417. The first-order chi connectivity index (χ1) is 13.9.